The number of rotatable bonds is 4. The second-order valence-corrected chi connectivity index (χ2v) is 4.87. The monoisotopic (exact) mass is 287 g/mol. The van der Waals surface area contributed by atoms with Gasteiger partial charge in [-0.3, -0.25) is 0 Å². The summed E-state index contributed by atoms with van der Waals surface area (Å²) in [7, 11) is 0. The van der Waals surface area contributed by atoms with E-state index in [-0.39, 0.29) is 0 Å². The van der Waals surface area contributed by atoms with Crippen molar-refractivity contribution in [2.75, 3.05) is 5.32 Å². The van der Waals surface area contributed by atoms with Crippen LogP contribution in [0.15, 0.2) is 46.9 Å². The number of halogens is 2. The molecule has 0 aliphatic carbocycles. The molecule has 1 N–H and O–H groups in total. The minimum atomic E-state index is -0.592. The highest BCUT2D eigenvalue weighted by Crippen LogP contribution is 2.27. The summed E-state index contributed by atoms with van der Waals surface area (Å²) in [6.07, 6.45) is 0.767. The molecule has 0 fully saturated rings. The number of anilines is 1. The first kappa shape index (κ1) is 13.6. The van der Waals surface area contributed by atoms with Gasteiger partial charge in [0.2, 0.25) is 0 Å². The molecule has 0 aliphatic rings. The smallest absolute Gasteiger partial charge is 0.134 e. The Morgan fingerprint density at radius 2 is 1.76 bits per heavy atom. The first-order valence-corrected chi connectivity index (χ1v) is 6.86. The molecular weight excluding hydrogens is 272 g/mol. The van der Waals surface area contributed by atoms with Crippen LogP contribution in [0.3, 0.4) is 0 Å². The van der Waals surface area contributed by atoms with Crippen LogP contribution in [0.1, 0.15) is 18.2 Å². The summed E-state index contributed by atoms with van der Waals surface area (Å²) in [6, 6.07) is 11.2. The summed E-state index contributed by atoms with van der Waals surface area (Å²) in [5.41, 5.74) is 2.27. The molecule has 0 saturated carbocycles. The van der Waals surface area contributed by atoms with E-state index in [4.69, 9.17) is 4.42 Å². The number of aryl methyl sites for hydroxylation is 1. The maximum absolute atomic E-state index is 13.2. The summed E-state index contributed by atoms with van der Waals surface area (Å²) in [5.74, 6) is -0.295. The highest BCUT2D eigenvalue weighted by atomic mass is 19.1. The maximum atomic E-state index is 13.2. The number of furan rings is 1. The Kier molecular flexibility index (Phi) is 3.60. The third-order valence-corrected chi connectivity index (χ3v) is 3.43. The fraction of sp³-hybridized carbons (Fsp3) is 0.176. The third kappa shape index (κ3) is 2.75. The zero-order valence-corrected chi connectivity index (χ0v) is 11.6. The maximum Gasteiger partial charge on any atom is 0.134 e. The number of para-hydroxylation sites is 1. The predicted octanol–water partition coefficient (Wildman–Crippen LogP) is 4.89. The van der Waals surface area contributed by atoms with E-state index in [2.05, 4.69) is 5.32 Å². The van der Waals surface area contributed by atoms with Gasteiger partial charge in [-0.1, -0.05) is 25.1 Å². The molecule has 4 heteroatoms. The molecule has 108 valence electrons. The quantitative estimate of drug-likeness (QED) is 0.739. The lowest BCUT2D eigenvalue weighted by atomic mass is 10.1. The molecule has 3 aromatic rings. The van der Waals surface area contributed by atoms with Gasteiger partial charge in [0.25, 0.3) is 0 Å². The Bertz CT molecular complexity index is 759. The van der Waals surface area contributed by atoms with Gasteiger partial charge >= 0.3 is 0 Å². The van der Waals surface area contributed by atoms with E-state index in [1.54, 1.807) is 0 Å². The van der Waals surface area contributed by atoms with E-state index in [0.717, 1.165) is 34.8 Å². The van der Waals surface area contributed by atoms with E-state index in [9.17, 15) is 8.78 Å². The minimum absolute atomic E-state index is 0.417. The highest BCUT2D eigenvalue weighted by Gasteiger charge is 2.12. The lowest BCUT2D eigenvalue weighted by molar-refractivity contribution is 0.551. The van der Waals surface area contributed by atoms with Crippen LogP contribution < -0.4 is 5.32 Å². The minimum Gasteiger partial charge on any atom is -0.461 e. The summed E-state index contributed by atoms with van der Waals surface area (Å²) in [6.45, 7) is 2.48. The van der Waals surface area contributed by atoms with Gasteiger partial charge in [0.15, 0.2) is 0 Å². The Hall–Kier alpha value is -2.36. The number of fused-ring (bicyclic) bond motifs is 1. The van der Waals surface area contributed by atoms with E-state index < -0.39 is 11.6 Å². The van der Waals surface area contributed by atoms with Crippen molar-refractivity contribution in [2.24, 2.45) is 0 Å². The average Bonchev–Trinajstić information content (AvgIpc) is 2.82. The van der Waals surface area contributed by atoms with Gasteiger partial charge in [-0.25, -0.2) is 8.78 Å². The number of hydrogen-bond donors (Lipinski definition) is 1. The SMILES string of the molecule is CCc1oc2ccccc2c1CNc1cc(F)cc(F)c1. The van der Waals surface area contributed by atoms with E-state index in [1.165, 1.54) is 12.1 Å². The van der Waals surface area contributed by atoms with Crippen molar-refractivity contribution in [2.45, 2.75) is 19.9 Å². The van der Waals surface area contributed by atoms with Crippen molar-refractivity contribution >= 4 is 16.7 Å². The van der Waals surface area contributed by atoms with Gasteiger partial charge in [0.1, 0.15) is 23.0 Å². The van der Waals surface area contributed by atoms with Crippen LogP contribution in [-0.2, 0) is 13.0 Å². The van der Waals surface area contributed by atoms with Gasteiger partial charge in [-0.2, -0.15) is 0 Å². The average molecular weight is 287 g/mol. The lowest BCUT2D eigenvalue weighted by Gasteiger charge is -2.07. The number of nitrogens with one attached hydrogen (secondary N) is 1. The fourth-order valence-corrected chi connectivity index (χ4v) is 2.48. The largest absolute Gasteiger partial charge is 0.461 e. The second-order valence-electron chi connectivity index (χ2n) is 4.87. The zero-order chi connectivity index (χ0) is 14.8. The van der Waals surface area contributed by atoms with Crippen molar-refractivity contribution in [1.82, 2.24) is 0 Å². The van der Waals surface area contributed by atoms with Crippen molar-refractivity contribution < 1.29 is 13.2 Å². The molecule has 0 spiro atoms. The number of benzene rings is 2. The molecule has 0 saturated heterocycles. The third-order valence-electron chi connectivity index (χ3n) is 3.43. The van der Waals surface area contributed by atoms with Crippen LogP contribution >= 0.6 is 0 Å². The molecule has 0 radical (unpaired) electrons. The van der Waals surface area contributed by atoms with Crippen molar-refractivity contribution in [3.8, 4) is 0 Å². The standard InChI is InChI=1S/C17H15F2NO/c1-2-16-15(14-5-3-4-6-17(14)21-16)10-20-13-8-11(18)7-12(19)9-13/h3-9,20H,2,10H2,1H3. The Morgan fingerprint density at radius 1 is 1.05 bits per heavy atom. The first-order chi connectivity index (χ1) is 10.2. The van der Waals surface area contributed by atoms with Gasteiger partial charge in [0.05, 0.1) is 0 Å². The van der Waals surface area contributed by atoms with E-state index >= 15 is 0 Å². The van der Waals surface area contributed by atoms with E-state index in [0.29, 0.717) is 12.2 Å². The lowest BCUT2D eigenvalue weighted by Crippen LogP contribution is -2.02. The van der Waals surface area contributed by atoms with Crippen LogP contribution in [0.2, 0.25) is 0 Å². The summed E-state index contributed by atoms with van der Waals surface area (Å²) < 4.78 is 32.2. The molecule has 0 bridgehead atoms. The molecule has 0 atom stereocenters. The van der Waals surface area contributed by atoms with Crippen molar-refractivity contribution in [3.63, 3.8) is 0 Å². The van der Waals surface area contributed by atoms with Crippen LogP contribution in [-0.4, -0.2) is 0 Å². The summed E-state index contributed by atoms with van der Waals surface area (Å²) in [4.78, 5) is 0. The molecular formula is C17H15F2NO. The van der Waals surface area contributed by atoms with E-state index in [1.807, 2.05) is 31.2 Å². The van der Waals surface area contributed by atoms with Crippen LogP contribution in [0.5, 0.6) is 0 Å². The van der Waals surface area contributed by atoms with Crippen LogP contribution in [0.25, 0.3) is 11.0 Å². The first-order valence-electron chi connectivity index (χ1n) is 6.86. The molecule has 1 aromatic heterocycles. The second kappa shape index (κ2) is 5.56. The van der Waals surface area contributed by atoms with Crippen molar-refractivity contribution in [1.29, 1.82) is 0 Å². The topological polar surface area (TPSA) is 25.2 Å². The summed E-state index contributed by atoms with van der Waals surface area (Å²) >= 11 is 0. The molecule has 3 rings (SSSR count). The fourth-order valence-electron chi connectivity index (χ4n) is 2.48. The van der Waals surface area contributed by atoms with Crippen LogP contribution in [0, 0.1) is 11.6 Å². The molecule has 0 amide bonds. The predicted molar refractivity (Wildman–Crippen MR) is 79.3 cm³/mol. The van der Waals surface area contributed by atoms with Gasteiger partial charge in [-0.05, 0) is 18.2 Å². The molecule has 0 aliphatic heterocycles. The molecule has 2 nitrogen and oxygen atoms in total. The van der Waals surface area contributed by atoms with Gasteiger partial charge in [0, 0.05) is 35.7 Å². The molecule has 2 aromatic carbocycles. The Balaban J connectivity index is 1.90. The molecule has 1 heterocycles. The zero-order valence-electron chi connectivity index (χ0n) is 11.6. The molecule has 0 unspecified atom stereocenters. The highest BCUT2D eigenvalue weighted by molar-refractivity contribution is 5.82. The number of hydrogen-bond acceptors (Lipinski definition) is 2. The Labute approximate surface area is 121 Å². The normalized spacial score (nSPS) is 11.0. The summed E-state index contributed by atoms with van der Waals surface area (Å²) in [5, 5.41) is 4.08. The van der Waals surface area contributed by atoms with Crippen LogP contribution in [0.4, 0.5) is 14.5 Å². The van der Waals surface area contributed by atoms with Gasteiger partial charge in [-0.15, -0.1) is 0 Å². The Morgan fingerprint density at radius 3 is 2.48 bits per heavy atom. The molecule has 21 heavy (non-hydrogen) atoms. The van der Waals surface area contributed by atoms with Crippen molar-refractivity contribution in [3.05, 3.63) is 65.4 Å². The van der Waals surface area contributed by atoms with Gasteiger partial charge < -0.3 is 9.73 Å².